The van der Waals surface area contributed by atoms with Crippen molar-refractivity contribution < 1.29 is 9.63 Å². The molecular formula is C17H14N2O2S. The molecule has 0 fully saturated rings. The van der Waals surface area contributed by atoms with Crippen LogP contribution in [0.2, 0.25) is 0 Å². The van der Waals surface area contributed by atoms with Gasteiger partial charge in [-0.05, 0) is 19.1 Å². The lowest BCUT2D eigenvalue weighted by Gasteiger charge is -2.03. The first-order valence-corrected chi connectivity index (χ1v) is 7.61. The second-order valence-electron chi connectivity index (χ2n) is 4.65. The van der Waals surface area contributed by atoms with Gasteiger partial charge in [-0.3, -0.25) is 0 Å². The number of benzene rings is 2. The lowest BCUT2D eigenvalue weighted by atomic mass is 10.1. The average Bonchev–Trinajstić information content (AvgIpc) is 2.95. The summed E-state index contributed by atoms with van der Waals surface area (Å²) in [6, 6.07) is 18.7. The minimum Gasteiger partial charge on any atom is -0.336 e. The first-order chi connectivity index (χ1) is 10.7. The molecule has 1 N–H and O–H groups in total. The van der Waals surface area contributed by atoms with E-state index in [1.807, 2.05) is 43.3 Å². The van der Waals surface area contributed by atoms with Crippen molar-refractivity contribution >= 4 is 22.4 Å². The van der Waals surface area contributed by atoms with Crippen LogP contribution in [-0.2, 0) is 4.84 Å². The van der Waals surface area contributed by atoms with E-state index in [0.717, 1.165) is 16.1 Å². The normalized spacial score (nSPS) is 10.2. The number of carbonyl (C=O) groups excluding carboxylic acids is 1. The van der Waals surface area contributed by atoms with Crippen LogP contribution in [0.15, 0.2) is 60.7 Å². The van der Waals surface area contributed by atoms with Gasteiger partial charge in [-0.1, -0.05) is 59.9 Å². The van der Waals surface area contributed by atoms with E-state index >= 15 is 0 Å². The van der Waals surface area contributed by atoms with E-state index in [-0.39, 0.29) is 0 Å². The number of hydrogen-bond acceptors (Lipinski definition) is 5. The van der Waals surface area contributed by atoms with E-state index in [4.69, 9.17) is 4.84 Å². The van der Waals surface area contributed by atoms with Gasteiger partial charge in [0, 0.05) is 10.4 Å². The summed E-state index contributed by atoms with van der Waals surface area (Å²) in [4.78, 5) is 22.5. The van der Waals surface area contributed by atoms with Crippen LogP contribution < -0.4 is 5.48 Å². The van der Waals surface area contributed by atoms with Gasteiger partial charge in [0.15, 0.2) is 0 Å². The maximum absolute atomic E-state index is 11.9. The second-order valence-corrected chi connectivity index (χ2v) is 5.85. The number of nitrogens with one attached hydrogen (secondary N) is 1. The standard InChI is InChI=1S/C17H14N2O2S/c1-12-15(13-8-4-2-5-9-13)18-17(22-12)19-21-16(20)14-10-6-3-7-11-14/h2-11H,1H3,(H,18,19). The van der Waals surface area contributed by atoms with E-state index < -0.39 is 5.97 Å². The molecule has 0 aliphatic carbocycles. The van der Waals surface area contributed by atoms with Gasteiger partial charge >= 0.3 is 5.97 Å². The molecule has 22 heavy (non-hydrogen) atoms. The van der Waals surface area contributed by atoms with E-state index in [9.17, 15) is 4.79 Å². The fraction of sp³-hybridized carbons (Fsp3) is 0.0588. The van der Waals surface area contributed by atoms with Crippen molar-refractivity contribution in [3.05, 3.63) is 71.1 Å². The molecule has 0 unspecified atom stereocenters. The van der Waals surface area contributed by atoms with Gasteiger partial charge in [-0.15, -0.1) is 0 Å². The molecule has 0 aliphatic heterocycles. The Balaban J connectivity index is 1.71. The number of nitrogens with zero attached hydrogens (tertiary/aromatic N) is 1. The van der Waals surface area contributed by atoms with Crippen LogP contribution in [0.5, 0.6) is 0 Å². The number of hydrogen-bond donors (Lipinski definition) is 1. The molecule has 1 heterocycles. The summed E-state index contributed by atoms with van der Waals surface area (Å²) in [7, 11) is 0. The van der Waals surface area contributed by atoms with Crippen molar-refractivity contribution in [3.8, 4) is 11.3 Å². The maximum atomic E-state index is 11.9. The van der Waals surface area contributed by atoms with Crippen molar-refractivity contribution in [2.24, 2.45) is 0 Å². The number of thiazole rings is 1. The third-order valence-corrected chi connectivity index (χ3v) is 3.95. The Labute approximate surface area is 132 Å². The van der Waals surface area contributed by atoms with Crippen molar-refractivity contribution in [3.63, 3.8) is 0 Å². The molecule has 5 heteroatoms. The van der Waals surface area contributed by atoms with Crippen molar-refractivity contribution in [1.29, 1.82) is 0 Å². The molecule has 0 saturated carbocycles. The topological polar surface area (TPSA) is 51.2 Å². The smallest absolute Gasteiger partial charge is 0.336 e. The van der Waals surface area contributed by atoms with Crippen molar-refractivity contribution in [2.45, 2.75) is 6.92 Å². The Kier molecular flexibility index (Phi) is 4.16. The average molecular weight is 310 g/mol. The zero-order valence-electron chi connectivity index (χ0n) is 11.9. The minimum absolute atomic E-state index is 0.435. The Hall–Kier alpha value is -2.66. The van der Waals surface area contributed by atoms with Gasteiger partial charge in [-0.2, -0.15) is 5.48 Å². The molecular weight excluding hydrogens is 296 g/mol. The van der Waals surface area contributed by atoms with Crippen LogP contribution >= 0.6 is 11.3 Å². The summed E-state index contributed by atoms with van der Waals surface area (Å²) in [6.07, 6.45) is 0. The summed E-state index contributed by atoms with van der Waals surface area (Å²) >= 11 is 1.45. The highest BCUT2D eigenvalue weighted by Gasteiger charge is 2.12. The Bertz CT molecular complexity index is 770. The summed E-state index contributed by atoms with van der Waals surface area (Å²) in [5.41, 5.74) is 5.06. The molecule has 0 atom stereocenters. The molecule has 0 spiro atoms. The van der Waals surface area contributed by atoms with Gasteiger partial charge in [0.1, 0.15) is 0 Å². The number of rotatable bonds is 4. The fourth-order valence-electron chi connectivity index (χ4n) is 2.03. The Morgan fingerprint density at radius 1 is 1.05 bits per heavy atom. The molecule has 110 valence electrons. The Morgan fingerprint density at radius 2 is 1.68 bits per heavy atom. The van der Waals surface area contributed by atoms with Gasteiger partial charge < -0.3 is 4.84 Å². The van der Waals surface area contributed by atoms with Crippen molar-refractivity contribution in [2.75, 3.05) is 5.48 Å². The fourth-order valence-corrected chi connectivity index (χ4v) is 2.80. The van der Waals surface area contributed by atoms with Gasteiger partial charge in [0.05, 0.1) is 11.3 Å². The predicted octanol–water partition coefficient (Wildman–Crippen LogP) is 4.30. The SMILES string of the molecule is Cc1sc(NOC(=O)c2ccccc2)nc1-c1ccccc1. The molecule has 4 nitrogen and oxygen atoms in total. The highest BCUT2D eigenvalue weighted by Crippen LogP contribution is 2.30. The zero-order valence-corrected chi connectivity index (χ0v) is 12.8. The summed E-state index contributed by atoms with van der Waals surface area (Å²) < 4.78 is 0. The number of anilines is 1. The first-order valence-electron chi connectivity index (χ1n) is 6.79. The van der Waals surface area contributed by atoms with Crippen LogP contribution in [0.4, 0.5) is 5.13 Å². The lowest BCUT2D eigenvalue weighted by Crippen LogP contribution is -2.10. The lowest BCUT2D eigenvalue weighted by molar-refractivity contribution is 0.0596. The molecule has 3 rings (SSSR count). The highest BCUT2D eigenvalue weighted by atomic mass is 32.1. The first kappa shape index (κ1) is 14.3. The Morgan fingerprint density at radius 3 is 2.36 bits per heavy atom. The van der Waals surface area contributed by atoms with Gasteiger partial charge in [0.2, 0.25) is 5.13 Å². The number of aromatic nitrogens is 1. The van der Waals surface area contributed by atoms with Crippen LogP contribution in [0.3, 0.4) is 0 Å². The minimum atomic E-state index is -0.435. The quantitative estimate of drug-likeness (QED) is 0.730. The molecule has 3 aromatic rings. The zero-order chi connectivity index (χ0) is 15.4. The molecule has 0 amide bonds. The summed E-state index contributed by atoms with van der Waals surface area (Å²) in [5, 5.41) is 0.556. The van der Waals surface area contributed by atoms with E-state index in [2.05, 4.69) is 10.5 Å². The van der Waals surface area contributed by atoms with Gasteiger partial charge in [0.25, 0.3) is 0 Å². The largest absolute Gasteiger partial charge is 0.362 e. The highest BCUT2D eigenvalue weighted by molar-refractivity contribution is 7.15. The monoisotopic (exact) mass is 310 g/mol. The molecule has 1 aromatic heterocycles. The van der Waals surface area contributed by atoms with E-state index in [0.29, 0.717) is 10.7 Å². The second kappa shape index (κ2) is 6.41. The maximum Gasteiger partial charge on any atom is 0.362 e. The molecule has 0 bridgehead atoms. The van der Waals surface area contributed by atoms with Gasteiger partial charge in [-0.25, -0.2) is 9.78 Å². The molecule has 0 radical (unpaired) electrons. The van der Waals surface area contributed by atoms with Crippen LogP contribution in [-0.4, -0.2) is 11.0 Å². The molecule has 0 aliphatic rings. The van der Waals surface area contributed by atoms with Crippen LogP contribution in [0.1, 0.15) is 15.2 Å². The van der Waals surface area contributed by atoms with Crippen LogP contribution in [0.25, 0.3) is 11.3 Å². The summed E-state index contributed by atoms with van der Waals surface area (Å²) in [6.45, 7) is 1.99. The van der Waals surface area contributed by atoms with Crippen LogP contribution in [0, 0.1) is 6.92 Å². The summed E-state index contributed by atoms with van der Waals surface area (Å²) in [5.74, 6) is -0.435. The predicted molar refractivity (Wildman–Crippen MR) is 87.8 cm³/mol. The van der Waals surface area contributed by atoms with E-state index in [1.54, 1.807) is 24.3 Å². The van der Waals surface area contributed by atoms with E-state index in [1.165, 1.54) is 11.3 Å². The molecule has 0 saturated heterocycles. The van der Waals surface area contributed by atoms with Crippen molar-refractivity contribution in [1.82, 2.24) is 4.98 Å². The third-order valence-electron chi connectivity index (χ3n) is 3.08. The number of aryl methyl sites for hydroxylation is 1. The molecule has 2 aromatic carbocycles. The third kappa shape index (κ3) is 3.15. The number of carbonyl (C=O) groups is 1.